The minimum Gasteiger partial charge on any atom is -0.381 e. The molecule has 3 nitrogen and oxygen atoms in total. The molecule has 0 aromatic heterocycles. The van der Waals surface area contributed by atoms with Crippen LogP contribution in [0.5, 0.6) is 0 Å². The minimum atomic E-state index is 0.829. The van der Waals surface area contributed by atoms with Gasteiger partial charge in [0.1, 0.15) is 0 Å². The lowest BCUT2D eigenvalue weighted by Crippen LogP contribution is -2.50. The SMILES string of the molecule is CNCC1CCC1N(C)CC1CCOCC1. The van der Waals surface area contributed by atoms with E-state index in [0.717, 1.165) is 31.1 Å². The topological polar surface area (TPSA) is 24.5 Å². The van der Waals surface area contributed by atoms with Crippen LogP contribution in [0.25, 0.3) is 0 Å². The predicted octanol–water partition coefficient (Wildman–Crippen LogP) is 1.34. The molecule has 1 N–H and O–H groups in total. The number of hydrogen-bond acceptors (Lipinski definition) is 3. The summed E-state index contributed by atoms with van der Waals surface area (Å²) >= 11 is 0. The molecule has 1 heterocycles. The van der Waals surface area contributed by atoms with Crippen molar-refractivity contribution in [3.63, 3.8) is 0 Å². The maximum absolute atomic E-state index is 5.41. The van der Waals surface area contributed by atoms with E-state index in [1.54, 1.807) is 0 Å². The van der Waals surface area contributed by atoms with Crippen LogP contribution < -0.4 is 5.32 Å². The highest BCUT2D eigenvalue weighted by atomic mass is 16.5. The third kappa shape index (κ3) is 2.96. The summed E-state index contributed by atoms with van der Waals surface area (Å²) in [5, 5.41) is 3.31. The van der Waals surface area contributed by atoms with Crippen LogP contribution in [0.4, 0.5) is 0 Å². The van der Waals surface area contributed by atoms with E-state index >= 15 is 0 Å². The monoisotopic (exact) mass is 226 g/mol. The van der Waals surface area contributed by atoms with Gasteiger partial charge in [-0.3, -0.25) is 0 Å². The maximum Gasteiger partial charge on any atom is 0.0469 e. The van der Waals surface area contributed by atoms with Crippen molar-refractivity contribution in [1.82, 2.24) is 10.2 Å². The van der Waals surface area contributed by atoms with Crippen LogP contribution in [-0.4, -0.2) is 51.3 Å². The molecule has 94 valence electrons. The second kappa shape index (κ2) is 5.99. The summed E-state index contributed by atoms with van der Waals surface area (Å²) in [5.41, 5.74) is 0. The van der Waals surface area contributed by atoms with Gasteiger partial charge in [0.25, 0.3) is 0 Å². The number of ether oxygens (including phenoxy) is 1. The first-order valence-corrected chi connectivity index (χ1v) is 6.74. The third-order valence-corrected chi connectivity index (χ3v) is 4.30. The fourth-order valence-electron chi connectivity index (χ4n) is 3.10. The first-order chi connectivity index (χ1) is 7.81. The quantitative estimate of drug-likeness (QED) is 0.766. The van der Waals surface area contributed by atoms with Gasteiger partial charge in [-0.2, -0.15) is 0 Å². The lowest BCUT2D eigenvalue weighted by Gasteiger charge is -2.44. The summed E-state index contributed by atoms with van der Waals surface area (Å²) in [6.45, 7) is 4.41. The Hall–Kier alpha value is -0.120. The number of nitrogens with zero attached hydrogens (tertiary/aromatic N) is 1. The van der Waals surface area contributed by atoms with Crippen molar-refractivity contribution in [2.45, 2.75) is 31.7 Å². The number of nitrogens with one attached hydrogen (secondary N) is 1. The smallest absolute Gasteiger partial charge is 0.0469 e. The van der Waals surface area contributed by atoms with Gasteiger partial charge in [0, 0.05) is 25.8 Å². The largest absolute Gasteiger partial charge is 0.381 e. The van der Waals surface area contributed by atoms with Gasteiger partial charge in [0.15, 0.2) is 0 Å². The summed E-state index contributed by atoms with van der Waals surface area (Å²) in [6, 6.07) is 0.829. The zero-order valence-electron chi connectivity index (χ0n) is 10.7. The van der Waals surface area contributed by atoms with Gasteiger partial charge in [-0.05, 0) is 58.2 Å². The molecule has 0 bridgehead atoms. The van der Waals surface area contributed by atoms with Crippen molar-refractivity contribution in [2.75, 3.05) is 40.4 Å². The fraction of sp³-hybridized carbons (Fsp3) is 1.00. The second-order valence-electron chi connectivity index (χ2n) is 5.46. The second-order valence-corrected chi connectivity index (χ2v) is 5.46. The zero-order chi connectivity index (χ0) is 11.4. The molecule has 2 rings (SSSR count). The first kappa shape index (κ1) is 12.3. The highest BCUT2D eigenvalue weighted by Crippen LogP contribution is 2.32. The lowest BCUT2D eigenvalue weighted by atomic mass is 9.78. The van der Waals surface area contributed by atoms with Gasteiger partial charge in [-0.1, -0.05) is 0 Å². The Balaban J connectivity index is 1.72. The molecule has 0 aromatic rings. The lowest BCUT2D eigenvalue weighted by molar-refractivity contribution is 0.0271. The molecular formula is C13H26N2O. The molecule has 2 aliphatic rings. The molecule has 1 saturated carbocycles. The summed E-state index contributed by atoms with van der Waals surface area (Å²) in [6.07, 6.45) is 5.32. The van der Waals surface area contributed by atoms with Gasteiger partial charge in [0.2, 0.25) is 0 Å². The van der Waals surface area contributed by atoms with Crippen LogP contribution in [-0.2, 0) is 4.74 Å². The van der Waals surface area contributed by atoms with E-state index in [2.05, 4.69) is 24.3 Å². The molecule has 1 aliphatic heterocycles. The van der Waals surface area contributed by atoms with Crippen molar-refractivity contribution >= 4 is 0 Å². The van der Waals surface area contributed by atoms with E-state index in [1.165, 1.54) is 38.8 Å². The molecule has 2 atom stereocenters. The number of rotatable bonds is 5. The molecule has 16 heavy (non-hydrogen) atoms. The van der Waals surface area contributed by atoms with Crippen molar-refractivity contribution < 1.29 is 4.74 Å². The van der Waals surface area contributed by atoms with Gasteiger partial charge < -0.3 is 15.0 Å². The Bertz CT molecular complexity index is 204. The molecule has 0 spiro atoms. The molecule has 1 aliphatic carbocycles. The van der Waals surface area contributed by atoms with Crippen molar-refractivity contribution in [3.05, 3.63) is 0 Å². The molecule has 0 amide bonds. The predicted molar refractivity (Wildman–Crippen MR) is 66.6 cm³/mol. The summed E-state index contributed by atoms with van der Waals surface area (Å²) < 4.78 is 5.41. The summed E-state index contributed by atoms with van der Waals surface area (Å²) in [5.74, 6) is 1.75. The highest BCUT2D eigenvalue weighted by molar-refractivity contribution is 4.89. The van der Waals surface area contributed by atoms with Crippen molar-refractivity contribution in [3.8, 4) is 0 Å². The Morgan fingerprint density at radius 3 is 2.50 bits per heavy atom. The van der Waals surface area contributed by atoms with E-state index < -0.39 is 0 Å². The van der Waals surface area contributed by atoms with Gasteiger partial charge in [0.05, 0.1) is 0 Å². The van der Waals surface area contributed by atoms with Crippen LogP contribution in [0.1, 0.15) is 25.7 Å². The number of hydrogen-bond donors (Lipinski definition) is 1. The van der Waals surface area contributed by atoms with Gasteiger partial charge in [-0.25, -0.2) is 0 Å². The first-order valence-electron chi connectivity index (χ1n) is 6.74. The highest BCUT2D eigenvalue weighted by Gasteiger charge is 2.33. The Morgan fingerprint density at radius 2 is 1.94 bits per heavy atom. The summed E-state index contributed by atoms with van der Waals surface area (Å²) in [7, 11) is 4.37. The van der Waals surface area contributed by atoms with E-state index in [9.17, 15) is 0 Å². The van der Waals surface area contributed by atoms with Crippen LogP contribution in [0, 0.1) is 11.8 Å². The standard InChI is InChI=1S/C13H26N2O/c1-14-9-12-3-4-13(12)15(2)10-11-5-7-16-8-6-11/h11-14H,3-10H2,1-2H3. The Morgan fingerprint density at radius 1 is 1.19 bits per heavy atom. The Labute approximate surface area is 99.5 Å². The normalized spacial score (nSPS) is 31.7. The molecular weight excluding hydrogens is 200 g/mol. The van der Waals surface area contributed by atoms with Crippen LogP contribution in [0.3, 0.4) is 0 Å². The zero-order valence-corrected chi connectivity index (χ0v) is 10.7. The van der Waals surface area contributed by atoms with E-state index in [0.29, 0.717) is 0 Å². The molecule has 3 heteroatoms. The average Bonchev–Trinajstić information content (AvgIpc) is 2.25. The van der Waals surface area contributed by atoms with Gasteiger partial charge in [-0.15, -0.1) is 0 Å². The van der Waals surface area contributed by atoms with Gasteiger partial charge >= 0.3 is 0 Å². The van der Waals surface area contributed by atoms with E-state index in [-0.39, 0.29) is 0 Å². The molecule has 2 unspecified atom stereocenters. The molecule has 2 fully saturated rings. The molecule has 1 saturated heterocycles. The van der Waals surface area contributed by atoms with Crippen LogP contribution in [0.15, 0.2) is 0 Å². The maximum atomic E-state index is 5.41. The van der Waals surface area contributed by atoms with E-state index in [4.69, 9.17) is 4.74 Å². The molecule has 0 radical (unpaired) electrons. The van der Waals surface area contributed by atoms with Crippen LogP contribution >= 0.6 is 0 Å². The molecule has 0 aromatic carbocycles. The third-order valence-electron chi connectivity index (χ3n) is 4.30. The Kier molecular flexibility index (Phi) is 4.62. The van der Waals surface area contributed by atoms with E-state index in [1.807, 2.05) is 0 Å². The summed E-state index contributed by atoms with van der Waals surface area (Å²) in [4.78, 5) is 2.60. The van der Waals surface area contributed by atoms with Crippen LogP contribution in [0.2, 0.25) is 0 Å². The minimum absolute atomic E-state index is 0.829. The average molecular weight is 226 g/mol. The van der Waals surface area contributed by atoms with Crippen molar-refractivity contribution in [1.29, 1.82) is 0 Å². The van der Waals surface area contributed by atoms with Crippen molar-refractivity contribution in [2.24, 2.45) is 11.8 Å². The fourth-order valence-corrected chi connectivity index (χ4v) is 3.10.